The normalized spacial score (nSPS) is 23.7. The van der Waals surface area contributed by atoms with Crippen LogP contribution in [-0.2, 0) is 19.6 Å². The van der Waals surface area contributed by atoms with Gasteiger partial charge in [0, 0.05) is 20.1 Å². The van der Waals surface area contributed by atoms with Crippen LogP contribution in [0.2, 0.25) is 5.02 Å². The van der Waals surface area contributed by atoms with E-state index >= 15 is 0 Å². The zero-order chi connectivity index (χ0) is 21.3. The van der Waals surface area contributed by atoms with E-state index in [1.807, 2.05) is 0 Å². The molecule has 0 heterocycles. The van der Waals surface area contributed by atoms with E-state index in [-0.39, 0.29) is 16.8 Å². The summed E-state index contributed by atoms with van der Waals surface area (Å²) < 4.78 is 25.9. The highest BCUT2D eigenvalue weighted by Crippen LogP contribution is 2.39. The smallest absolute Gasteiger partial charge is 0.247 e. The van der Waals surface area contributed by atoms with Crippen LogP contribution in [0.1, 0.15) is 38.5 Å². The molecule has 2 aliphatic rings. The maximum absolute atomic E-state index is 12.5. The quantitative estimate of drug-likeness (QED) is 0.349. The van der Waals surface area contributed by atoms with Crippen molar-refractivity contribution in [2.24, 2.45) is 0 Å². The van der Waals surface area contributed by atoms with Crippen molar-refractivity contribution in [3.63, 3.8) is 0 Å². The van der Waals surface area contributed by atoms with Gasteiger partial charge in [-0.05, 0) is 25.0 Å². The van der Waals surface area contributed by atoms with Crippen molar-refractivity contribution in [2.75, 3.05) is 19.4 Å². The number of carbonyl (C=O) groups excluding carboxylic acids is 2. The third-order valence-corrected chi connectivity index (χ3v) is 7.86. The molecule has 0 radical (unpaired) electrons. The van der Waals surface area contributed by atoms with Crippen molar-refractivity contribution in [3.05, 3.63) is 17.2 Å². The number of nitrogens with zero attached hydrogens (tertiary/aromatic N) is 1. The number of carbonyl (C=O) groups is 2. The number of rotatable bonds is 6. The number of Topliss-reactive ketones (excluding diaryl/α,β-unsaturated/α-hetero) is 2. The molecule has 0 spiro atoms. The molecule has 160 valence electrons. The summed E-state index contributed by atoms with van der Waals surface area (Å²) in [6, 6.07) is 1.32. The Morgan fingerprint density at radius 1 is 1.03 bits per heavy atom. The highest BCUT2D eigenvalue weighted by molar-refractivity contribution is 7.89. The number of hydrogen-bond acceptors (Lipinski definition) is 7. The Balaban J connectivity index is 1.83. The van der Waals surface area contributed by atoms with Gasteiger partial charge < -0.3 is 15.7 Å². The van der Waals surface area contributed by atoms with Crippen molar-refractivity contribution < 1.29 is 23.1 Å². The van der Waals surface area contributed by atoms with Gasteiger partial charge in [0.25, 0.3) is 0 Å². The molecule has 0 aromatic heterocycles. The number of halogens is 1. The number of phenolic OH excluding ortho intramolecular Hbond substituents is 1. The monoisotopic (exact) mass is 443 g/mol. The van der Waals surface area contributed by atoms with E-state index in [2.05, 4.69) is 10.6 Å². The van der Waals surface area contributed by atoms with Crippen molar-refractivity contribution in [1.82, 2.24) is 9.62 Å². The Bertz CT molecular complexity index is 911. The van der Waals surface area contributed by atoms with Crippen LogP contribution in [0, 0.1) is 0 Å². The zero-order valence-electron chi connectivity index (χ0n) is 16.4. The molecule has 10 heteroatoms. The van der Waals surface area contributed by atoms with E-state index in [9.17, 15) is 23.1 Å². The lowest BCUT2D eigenvalue weighted by Gasteiger charge is -2.37. The highest BCUT2D eigenvalue weighted by Gasteiger charge is 2.50. The van der Waals surface area contributed by atoms with Crippen molar-refractivity contribution in [2.45, 2.75) is 61.5 Å². The minimum Gasteiger partial charge on any atom is -0.504 e. The van der Waals surface area contributed by atoms with Gasteiger partial charge in [-0.2, -0.15) is 0 Å². The number of ketones is 2. The third-order valence-electron chi connectivity index (χ3n) is 5.54. The molecular weight excluding hydrogens is 418 g/mol. The number of benzene rings is 1. The van der Waals surface area contributed by atoms with Crippen LogP contribution < -0.4 is 10.6 Å². The molecule has 0 bridgehead atoms. The van der Waals surface area contributed by atoms with Gasteiger partial charge in [0.15, 0.2) is 5.75 Å². The summed E-state index contributed by atoms with van der Waals surface area (Å²) in [4.78, 5) is 23.9. The first kappa shape index (κ1) is 22.0. The first-order valence-corrected chi connectivity index (χ1v) is 11.5. The van der Waals surface area contributed by atoms with Crippen LogP contribution >= 0.6 is 11.6 Å². The molecule has 8 nitrogen and oxygen atoms in total. The Kier molecular flexibility index (Phi) is 6.52. The molecule has 1 aromatic rings. The molecule has 1 aromatic carbocycles. The summed E-state index contributed by atoms with van der Waals surface area (Å²) in [6.07, 6.45) is 6.38. The minimum atomic E-state index is -4.01. The maximum atomic E-state index is 12.5. The Morgan fingerprint density at radius 3 is 2.21 bits per heavy atom. The Hall–Kier alpha value is -1.68. The van der Waals surface area contributed by atoms with E-state index in [1.165, 1.54) is 39.1 Å². The van der Waals surface area contributed by atoms with E-state index in [0.29, 0.717) is 0 Å². The standard InChI is InChI=1S/C19H26ClN3O5S/c1-23(2)29(27,28)19-12(20)9-10-13(16(19)24)22-15-14(17(25)18(15)26)21-11-7-5-3-4-6-8-11/h9-11,14-15,21-22,24H,3-8H2,1-2H3. The lowest BCUT2D eigenvalue weighted by atomic mass is 9.82. The third kappa shape index (κ3) is 4.28. The van der Waals surface area contributed by atoms with Gasteiger partial charge in [-0.15, -0.1) is 0 Å². The second kappa shape index (κ2) is 8.59. The van der Waals surface area contributed by atoms with E-state index in [1.54, 1.807) is 0 Å². The second-order valence-corrected chi connectivity index (χ2v) is 10.2. The van der Waals surface area contributed by atoms with E-state index < -0.39 is 44.3 Å². The Labute approximate surface area is 175 Å². The molecule has 2 unspecified atom stereocenters. The fraction of sp³-hybridized carbons (Fsp3) is 0.579. The summed E-state index contributed by atoms with van der Waals surface area (Å²) in [5.74, 6) is -1.67. The van der Waals surface area contributed by atoms with Gasteiger partial charge in [0.05, 0.1) is 10.7 Å². The van der Waals surface area contributed by atoms with Crippen LogP contribution in [0.5, 0.6) is 5.75 Å². The van der Waals surface area contributed by atoms with Gasteiger partial charge in [-0.25, -0.2) is 12.7 Å². The summed E-state index contributed by atoms with van der Waals surface area (Å²) in [5.41, 5.74) is 0.0355. The SMILES string of the molecule is CN(C)S(=O)(=O)c1c(Cl)ccc(NC2C(=O)C(=O)C2NC2CCCCCC2)c1O. The molecule has 29 heavy (non-hydrogen) atoms. The second-order valence-electron chi connectivity index (χ2n) is 7.74. The first-order valence-electron chi connectivity index (χ1n) is 9.69. The van der Waals surface area contributed by atoms with Gasteiger partial charge in [-0.3, -0.25) is 9.59 Å². The average Bonchev–Trinajstić information content (AvgIpc) is 2.94. The van der Waals surface area contributed by atoms with Gasteiger partial charge in [0.2, 0.25) is 21.6 Å². The fourth-order valence-electron chi connectivity index (χ4n) is 3.79. The molecule has 3 rings (SSSR count). The van der Waals surface area contributed by atoms with Crippen LogP contribution in [0.15, 0.2) is 17.0 Å². The number of anilines is 1. The zero-order valence-corrected chi connectivity index (χ0v) is 18.0. The Morgan fingerprint density at radius 2 is 1.62 bits per heavy atom. The molecular formula is C19H26ClN3O5S. The van der Waals surface area contributed by atoms with Crippen LogP contribution in [0.3, 0.4) is 0 Å². The molecule has 0 saturated heterocycles. The van der Waals surface area contributed by atoms with Gasteiger partial charge >= 0.3 is 0 Å². The minimum absolute atomic E-state index is 0.0355. The predicted octanol–water partition coefficient (Wildman–Crippen LogP) is 1.91. The lowest BCUT2D eigenvalue weighted by molar-refractivity contribution is -0.145. The molecule has 2 saturated carbocycles. The molecule has 0 aliphatic heterocycles. The number of sulfonamides is 1. The van der Waals surface area contributed by atoms with Crippen molar-refractivity contribution >= 4 is 38.9 Å². The van der Waals surface area contributed by atoms with Crippen molar-refractivity contribution in [3.8, 4) is 5.75 Å². The summed E-state index contributed by atoms with van der Waals surface area (Å²) in [6.45, 7) is 0. The van der Waals surface area contributed by atoms with Crippen LogP contribution in [0.25, 0.3) is 0 Å². The molecule has 2 fully saturated rings. The first-order chi connectivity index (χ1) is 13.6. The number of nitrogens with one attached hydrogen (secondary N) is 2. The van der Waals surface area contributed by atoms with Crippen LogP contribution in [-0.4, -0.2) is 61.6 Å². The van der Waals surface area contributed by atoms with E-state index in [0.717, 1.165) is 30.0 Å². The predicted molar refractivity (Wildman–Crippen MR) is 110 cm³/mol. The number of hydrogen-bond donors (Lipinski definition) is 3. The average molecular weight is 444 g/mol. The number of phenols is 1. The summed E-state index contributed by atoms with van der Waals surface area (Å²) in [7, 11) is -1.36. The lowest BCUT2D eigenvalue weighted by Crippen LogP contribution is -2.68. The van der Waals surface area contributed by atoms with Gasteiger partial charge in [0.1, 0.15) is 17.0 Å². The number of aromatic hydroxyl groups is 1. The fourth-order valence-corrected chi connectivity index (χ4v) is 5.27. The largest absolute Gasteiger partial charge is 0.504 e. The summed E-state index contributed by atoms with van der Waals surface area (Å²) in [5, 5.41) is 16.5. The molecule has 3 N–H and O–H groups in total. The molecule has 2 aliphatic carbocycles. The highest BCUT2D eigenvalue weighted by atomic mass is 35.5. The summed E-state index contributed by atoms with van der Waals surface area (Å²) >= 11 is 6.01. The van der Waals surface area contributed by atoms with E-state index in [4.69, 9.17) is 11.6 Å². The maximum Gasteiger partial charge on any atom is 0.247 e. The topological polar surface area (TPSA) is 116 Å². The van der Waals surface area contributed by atoms with Crippen LogP contribution in [0.4, 0.5) is 5.69 Å². The molecule has 0 amide bonds. The molecule has 2 atom stereocenters. The van der Waals surface area contributed by atoms with Gasteiger partial charge in [-0.1, -0.05) is 37.3 Å². The van der Waals surface area contributed by atoms with Crippen molar-refractivity contribution in [1.29, 1.82) is 0 Å².